The molecule has 0 bridgehead atoms. The molecule has 0 aliphatic carbocycles. The van der Waals surface area contributed by atoms with E-state index in [2.05, 4.69) is 24.4 Å². The molecule has 0 saturated heterocycles. The standard InChI is InChI=1S/C22H44N2O2/c1-2-3-4-5-6-7-8-9-10-11-12-13-14-15-16-17-22(25)24-19-21-26-20-18-23/h9-10H,2-8,11-21,23H2,1H3,(H,24,25)/b10-9-. The lowest BCUT2D eigenvalue weighted by Gasteiger charge is -2.05. The summed E-state index contributed by atoms with van der Waals surface area (Å²) in [6.07, 6.45) is 22.0. The largest absolute Gasteiger partial charge is 0.378 e. The topological polar surface area (TPSA) is 64.3 Å². The minimum absolute atomic E-state index is 0.138. The van der Waals surface area contributed by atoms with E-state index in [1.165, 1.54) is 70.6 Å². The molecule has 0 spiro atoms. The molecule has 0 unspecified atom stereocenters. The zero-order valence-corrected chi connectivity index (χ0v) is 17.3. The van der Waals surface area contributed by atoms with E-state index in [0.29, 0.717) is 32.7 Å². The number of hydrogen-bond acceptors (Lipinski definition) is 3. The SMILES string of the molecule is CCCCCCCC/C=C\CCCCCCCC(=O)NCCOCCN. The van der Waals surface area contributed by atoms with Crippen LogP contribution in [-0.4, -0.2) is 32.2 Å². The van der Waals surface area contributed by atoms with E-state index in [1.54, 1.807) is 0 Å². The maximum Gasteiger partial charge on any atom is 0.220 e. The maximum absolute atomic E-state index is 11.6. The van der Waals surface area contributed by atoms with Crippen molar-refractivity contribution in [2.75, 3.05) is 26.3 Å². The zero-order chi connectivity index (χ0) is 19.1. The molecule has 0 atom stereocenters. The van der Waals surface area contributed by atoms with Gasteiger partial charge in [-0.3, -0.25) is 4.79 Å². The third-order valence-corrected chi connectivity index (χ3v) is 4.50. The van der Waals surface area contributed by atoms with Gasteiger partial charge in [0, 0.05) is 19.5 Å². The Bertz CT molecular complexity index is 319. The number of nitrogens with one attached hydrogen (secondary N) is 1. The minimum atomic E-state index is 0.138. The quantitative estimate of drug-likeness (QED) is 0.232. The average molecular weight is 369 g/mol. The molecule has 4 heteroatoms. The normalized spacial score (nSPS) is 11.3. The molecule has 0 aliphatic heterocycles. The summed E-state index contributed by atoms with van der Waals surface area (Å²) in [5.74, 6) is 0.138. The highest BCUT2D eigenvalue weighted by atomic mass is 16.5. The molecule has 0 heterocycles. The average Bonchev–Trinajstić information content (AvgIpc) is 2.64. The predicted octanol–water partition coefficient (Wildman–Crippen LogP) is 5.12. The van der Waals surface area contributed by atoms with Gasteiger partial charge < -0.3 is 15.8 Å². The van der Waals surface area contributed by atoms with Crippen LogP contribution in [0.4, 0.5) is 0 Å². The van der Waals surface area contributed by atoms with E-state index >= 15 is 0 Å². The summed E-state index contributed by atoms with van der Waals surface area (Å²) in [4.78, 5) is 11.6. The Morgan fingerprint density at radius 1 is 0.846 bits per heavy atom. The van der Waals surface area contributed by atoms with Crippen LogP contribution in [-0.2, 0) is 9.53 Å². The lowest BCUT2D eigenvalue weighted by atomic mass is 10.1. The van der Waals surface area contributed by atoms with Gasteiger partial charge in [-0.05, 0) is 32.1 Å². The molecule has 0 aromatic carbocycles. The van der Waals surface area contributed by atoms with Crippen LogP contribution in [0.15, 0.2) is 12.2 Å². The summed E-state index contributed by atoms with van der Waals surface area (Å²) >= 11 is 0. The Kier molecular flexibility index (Phi) is 21.4. The molecular weight excluding hydrogens is 324 g/mol. The van der Waals surface area contributed by atoms with E-state index in [1.807, 2.05) is 0 Å². The van der Waals surface area contributed by atoms with Crippen LogP contribution >= 0.6 is 0 Å². The molecule has 0 fully saturated rings. The van der Waals surface area contributed by atoms with Crippen molar-refractivity contribution in [3.05, 3.63) is 12.2 Å². The molecule has 3 N–H and O–H groups in total. The van der Waals surface area contributed by atoms with Gasteiger partial charge in [-0.15, -0.1) is 0 Å². The van der Waals surface area contributed by atoms with E-state index in [9.17, 15) is 4.79 Å². The molecule has 0 aliphatic rings. The fraction of sp³-hybridized carbons (Fsp3) is 0.864. The first-order valence-electron chi connectivity index (χ1n) is 11.0. The molecule has 1 amide bonds. The second-order valence-electron chi connectivity index (χ2n) is 7.09. The third-order valence-electron chi connectivity index (χ3n) is 4.50. The zero-order valence-electron chi connectivity index (χ0n) is 17.3. The van der Waals surface area contributed by atoms with Crippen LogP contribution in [0.2, 0.25) is 0 Å². The predicted molar refractivity (Wildman–Crippen MR) is 112 cm³/mol. The van der Waals surface area contributed by atoms with Crippen molar-refractivity contribution in [3.63, 3.8) is 0 Å². The Hall–Kier alpha value is -0.870. The Morgan fingerprint density at radius 3 is 2.04 bits per heavy atom. The second kappa shape index (κ2) is 22.2. The lowest BCUT2D eigenvalue weighted by molar-refractivity contribution is -0.121. The number of nitrogens with two attached hydrogens (primary N) is 1. The summed E-state index contributed by atoms with van der Waals surface area (Å²) in [5.41, 5.74) is 5.32. The molecular formula is C22H44N2O2. The molecule has 0 saturated carbocycles. The monoisotopic (exact) mass is 368 g/mol. The van der Waals surface area contributed by atoms with Crippen LogP contribution in [0.25, 0.3) is 0 Å². The van der Waals surface area contributed by atoms with E-state index in [-0.39, 0.29) is 5.91 Å². The molecule has 0 aromatic heterocycles. The van der Waals surface area contributed by atoms with Crippen molar-refractivity contribution < 1.29 is 9.53 Å². The summed E-state index contributed by atoms with van der Waals surface area (Å²) in [6.45, 7) is 4.49. The number of unbranched alkanes of at least 4 members (excludes halogenated alkanes) is 11. The number of hydrogen-bond donors (Lipinski definition) is 2. The van der Waals surface area contributed by atoms with Crippen LogP contribution in [0.3, 0.4) is 0 Å². The van der Waals surface area contributed by atoms with Gasteiger partial charge in [0.25, 0.3) is 0 Å². The molecule has 0 rings (SSSR count). The van der Waals surface area contributed by atoms with Crippen molar-refractivity contribution in [3.8, 4) is 0 Å². The Labute approximate surface area is 162 Å². The van der Waals surface area contributed by atoms with Crippen LogP contribution in [0.1, 0.15) is 96.8 Å². The molecule has 26 heavy (non-hydrogen) atoms. The number of rotatable bonds is 20. The van der Waals surface area contributed by atoms with Gasteiger partial charge in [0.05, 0.1) is 13.2 Å². The highest BCUT2D eigenvalue weighted by Gasteiger charge is 2.00. The van der Waals surface area contributed by atoms with Crippen LogP contribution < -0.4 is 11.1 Å². The number of carbonyl (C=O) groups excluding carboxylic acids is 1. The van der Waals surface area contributed by atoms with Gasteiger partial charge in [-0.1, -0.05) is 70.4 Å². The number of ether oxygens (including phenoxy) is 1. The fourth-order valence-corrected chi connectivity index (χ4v) is 2.89. The van der Waals surface area contributed by atoms with Gasteiger partial charge in [0.15, 0.2) is 0 Å². The van der Waals surface area contributed by atoms with E-state index in [4.69, 9.17) is 10.5 Å². The maximum atomic E-state index is 11.6. The first kappa shape index (κ1) is 25.1. The fourth-order valence-electron chi connectivity index (χ4n) is 2.89. The van der Waals surface area contributed by atoms with Crippen molar-refractivity contribution >= 4 is 5.91 Å². The van der Waals surface area contributed by atoms with Gasteiger partial charge in [0.1, 0.15) is 0 Å². The molecule has 0 aromatic rings. The van der Waals surface area contributed by atoms with Crippen molar-refractivity contribution in [1.82, 2.24) is 5.32 Å². The molecule has 0 radical (unpaired) electrons. The second-order valence-corrected chi connectivity index (χ2v) is 7.09. The summed E-state index contributed by atoms with van der Waals surface area (Å²) in [5, 5.41) is 2.88. The molecule has 154 valence electrons. The minimum Gasteiger partial charge on any atom is -0.378 e. The first-order chi connectivity index (χ1) is 12.8. The van der Waals surface area contributed by atoms with Gasteiger partial charge in [-0.25, -0.2) is 0 Å². The van der Waals surface area contributed by atoms with Gasteiger partial charge in [-0.2, -0.15) is 0 Å². The summed E-state index contributed by atoms with van der Waals surface area (Å²) < 4.78 is 5.22. The number of allylic oxidation sites excluding steroid dienone is 2. The van der Waals surface area contributed by atoms with E-state index < -0.39 is 0 Å². The Balaban J connectivity index is 3.18. The van der Waals surface area contributed by atoms with Gasteiger partial charge in [0.2, 0.25) is 5.91 Å². The summed E-state index contributed by atoms with van der Waals surface area (Å²) in [7, 11) is 0. The van der Waals surface area contributed by atoms with Gasteiger partial charge >= 0.3 is 0 Å². The smallest absolute Gasteiger partial charge is 0.220 e. The Morgan fingerprint density at radius 2 is 1.42 bits per heavy atom. The third kappa shape index (κ3) is 21.2. The number of amides is 1. The highest BCUT2D eigenvalue weighted by molar-refractivity contribution is 5.75. The van der Waals surface area contributed by atoms with Crippen molar-refractivity contribution in [2.45, 2.75) is 96.8 Å². The highest BCUT2D eigenvalue weighted by Crippen LogP contribution is 2.09. The van der Waals surface area contributed by atoms with E-state index in [0.717, 1.165) is 12.8 Å². The molecule has 4 nitrogen and oxygen atoms in total. The lowest BCUT2D eigenvalue weighted by Crippen LogP contribution is -2.27. The number of carbonyl (C=O) groups is 1. The van der Waals surface area contributed by atoms with Crippen molar-refractivity contribution in [1.29, 1.82) is 0 Å². The summed E-state index contributed by atoms with van der Waals surface area (Å²) in [6, 6.07) is 0. The van der Waals surface area contributed by atoms with Crippen molar-refractivity contribution in [2.24, 2.45) is 5.73 Å². The van der Waals surface area contributed by atoms with Crippen LogP contribution in [0.5, 0.6) is 0 Å². The van der Waals surface area contributed by atoms with Crippen LogP contribution in [0, 0.1) is 0 Å². The first-order valence-corrected chi connectivity index (χ1v) is 11.0.